The maximum absolute atomic E-state index is 10.8. The number of benzene rings is 1. The van der Waals surface area contributed by atoms with Crippen LogP contribution in [-0.4, -0.2) is 41.8 Å². The van der Waals surface area contributed by atoms with Gasteiger partial charge in [0.05, 0.1) is 18.1 Å². The Morgan fingerprint density at radius 3 is 2.85 bits per heavy atom. The van der Waals surface area contributed by atoms with Crippen molar-refractivity contribution < 1.29 is 14.8 Å². The third-order valence-corrected chi connectivity index (χ3v) is 3.67. The lowest BCUT2D eigenvalue weighted by molar-refractivity contribution is -0.385. The van der Waals surface area contributed by atoms with Gasteiger partial charge in [-0.2, -0.15) is 11.8 Å². The van der Waals surface area contributed by atoms with Crippen LogP contribution in [0.3, 0.4) is 0 Å². The highest BCUT2D eigenvalue weighted by molar-refractivity contribution is 7.99. The molecule has 2 N–H and O–H groups in total. The molecule has 0 amide bonds. The van der Waals surface area contributed by atoms with E-state index in [1.54, 1.807) is 23.9 Å². The molecule has 1 rings (SSSR count). The van der Waals surface area contributed by atoms with Gasteiger partial charge in [-0.25, -0.2) is 0 Å². The van der Waals surface area contributed by atoms with Crippen molar-refractivity contribution in [2.45, 2.75) is 13.0 Å². The van der Waals surface area contributed by atoms with Crippen LogP contribution in [0.15, 0.2) is 18.2 Å². The van der Waals surface area contributed by atoms with E-state index in [9.17, 15) is 10.1 Å². The second kappa shape index (κ2) is 9.57. The number of nitro groups is 1. The van der Waals surface area contributed by atoms with Gasteiger partial charge in [-0.05, 0) is 23.8 Å². The lowest BCUT2D eigenvalue weighted by Gasteiger charge is -2.07. The number of thioether (sulfide) groups is 1. The molecule has 0 aliphatic heterocycles. The third kappa shape index (κ3) is 6.23. The number of aliphatic hydroxyl groups excluding tert-OH is 1. The quantitative estimate of drug-likeness (QED) is 0.389. The van der Waals surface area contributed by atoms with Gasteiger partial charge in [-0.3, -0.25) is 10.1 Å². The first-order chi connectivity index (χ1) is 9.67. The molecule has 20 heavy (non-hydrogen) atoms. The minimum Gasteiger partial charge on any atom is -0.496 e. The third-order valence-electron chi connectivity index (χ3n) is 2.60. The van der Waals surface area contributed by atoms with Gasteiger partial charge in [0.25, 0.3) is 5.69 Å². The Morgan fingerprint density at radius 2 is 2.20 bits per heavy atom. The van der Waals surface area contributed by atoms with Crippen LogP contribution in [0.5, 0.6) is 5.75 Å². The van der Waals surface area contributed by atoms with E-state index in [0.29, 0.717) is 12.3 Å². The van der Waals surface area contributed by atoms with E-state index < -0.39 is 4.92 Å². The van der Waals surface area contributed by atoms with E-state index in [1.165, 1.54) is 13.2 Å². The van der Waals surface area contributed by atoms with Crippen LogP contribution in [0.1, 0.15) is 12.0 Å². The predicted molar refractivity (Wildman–Crippen MR) is 80.4 cm³/mol. The zero-order valence-corrected chi connectivity index (χ0v) is 12.3. The highest BCUT2D eigenvalue weighted by Gasteiger charge is 2.09. The molecule has 0 aliphatic rings. The molecule has 6 nitrogen and oxygen atoms in total. The summed E-state index contributed by atoms with van der Waals surface area (Å²) in [4.78, 5) is 10.4. The largest absolute Gasteiger partial charge is 0.496 e. The fourth-order valence-electron chi connectivity index (χ4n) is 1.61. The Labute approximate surface area is 122 Å². The van der Waals surface area contributed by atoms with Gasteiger partial charge in [0, 0.05) is 31.5 Å². The van der Waals surface area contributed by atoms with Crippen LogP contribution >= 0.6 is 11.8 Å². The molecule has 0 radical (unpaired) electrons. The van der Waals surface area contributed by atoms with Crippen LogP contribution < -0.4 is 10.1 Å². The Hall–Kier alpha value is -1.31. The minimum absolute atomic E-state index is 0.0403. The number of nitrogens with one attached hydrogen (secondary N) is 1. The van der Waals surface area contributed by atoms with Crippen molar-refractivity contribution in [2.24, 2.45) is 0 Å². The van der Waals surface area contributed by atoms with Crippen molar-refractivity contribution in [3.05, 3.63) is 33.9 Å². The fraction of sp³-hybridized carbons (Fsp3) is 0.538. The van der Waals surface area contributed by atoms with Gasteiger partial charge in [0.15, 0.2) is 0 Å². The second-order valence-electron chi connectivity index (χ2n) is 4.16. The van der Waals surface area contributed by atoms with Crippen molar-refractivity contribution in [1.82, 2.24) is 5.32 Å². The standard InChI is InChI=1S/C13H20N2O4S/c1-19-13-8-11(7-12(9-13)15(17)18)10-14-3-6-20-5-2-4-16/h7-9,14,16H,2-6,10H2,1H3. The van der Waals surface area contributed by atoms with Gasteiger partial charge in [-0.15, -0.1) is 0 Å². The van der Waals surface area contributed by atoms with Gasteiger partial charge in [-0.1, -0.05) is 0 Å². The molecule has 0 heterocycles. The molecule has 0 aromatic heterocycles. The van der Waals surface area contributed by atoms with Crippen LogP contribution in [0.2, 0.25) is 0 Å². The highest BCUT2D eigenvalue weighted by Crippen LogP contribution is 2.22. The van der Waals surface area contributed by atoms with E-state index in [4.69, 9.17) is 9.84 Å². The van der Waals surface area contributed by atoms with Crippen molar-refractivity contribution >= 4 is 17.4 Å². The molecule has 112 valence electrons. The molecule has 0 aliphatic carbocycles. The number of non-ortho nitro benzene ring substituents is 1. The number of nitrogens with zero attached hydrogens (tertiary/aromatic N) is 1. The number of hydrogen-bond acceptors (Lipinski definition) is 6. The number of hydrogen-bond donors (Lipinski definition) is 2. The smallest absolute Gasteiger partial charge is 0.273 e. The SMILES string of the molecule is COc1cc(CNCCSCCCO)cc([N+](=O)[O-])c1. The molecule has 0 fully saturated rings. The normalized spacial score (nSPS) is 10.5. The fourth-order valence-corrected chi connectivity index (χ4v) is 2.44. The van der Waals surface area contributed by atoms with Crippen LogP contribution in [0.4, 0.5) is 5.69 Å². The molecule has 7 heteroatoms. The van der Waals surface area contributed by atoms with Crippen LogP contribution in [-0.2, 0) is 6.54 Å². The molecular formula is C13H20N2O4S. The van der Waals surface area contributed by atoms with Gasteiger partial charge in [0.1, 0.15) is 5.75 Å². The predicted octanol–water partition coefficient (Wildman–Crippen LogP) is 1.81. The number of ether oxygens (including phenoxy) is 1. The summed E-state index contributed by atoms with van der Waals surface area (Å²) in [6.07, 6.45) is 0.812. The summed E-state index contributed by atoms with van der Waals surface area (Å²) >= 11 is 1.77. The summed E-state index contributed by atoms with van der Waals surface area (Å²) in [6, 6.07) is 4.75. The molecule has 0 saturated carbocycles. The summed E-state index contributed by atoms with van der Waals surface area (Å²) in [7, 11) is 1.49. The summed E-state index contributed by atoms with van der Waals surface area (Å²) in [6.45, 7) is 1.62. The molecular weight excluding hydrogens is 280 g/mol. The molecule has 1 aromatic carbocycles. The van der Waals surface area contributed by atoms with Gasteiger partial charge in [0.2, 0.25) is 0 Å². The Kier molecular flexibility index (Phi) is 8.01. The van der Waals surface area contributed by atoms with Gasteiger partial charge < -0.3 is 15.2 Å². The number of rotatable bonds is 10. The first-order valence-corrected chi connectivity index (χ1v) is 7.54. The highest BCUT2D eigenvalue weighted by atomic mass is 32.2. The second-order valence-corrected chi connectivity index (χ2v) is 5.39. The molecule has 0 saturated heterocycles. The van der Waals surface area contributed by atoms with E-state index in [-0.39, 0.29) is 12.3 Å². The molecule has 0 atom stereocenters. The summed E-state index contributed by atoms with van der Waals surface area (Å²) in [5, 5.41) is 22.7. The Bertz CT molecular complexity index is 429. The van der Waals surface area contributed by atoms with Crippen LogP contribution in [0, 0.1) is 10.1 Å². The van der Waals surface area contributed by atoms with Crippen LogP contribution in [0.25, 0.3) is 0 Å². The molecule has 0 unspecified atom stereocenters. The lowest BCUT2D eigenvalue weighted by Crippen LogP contribution is -2.17. The summed E-state index contributed by atoms with van der Waals surface area (Å²) in [5.74, 6) is 2.39. The zero-order chi connectivity index (χ0) is 14.8. The Balaban J connectivity index is 2.39. The maximum atomic E-state index is 10.8. The molecule has 0 bridgehead atoms. The van der Waals surface area contributed by atoms with Crippen molar-refractivity contribution in [3.8, 4) is 5.75 Å². The number of nitro benzene ring substituents is 1. The lowest BCUT2D eigenvalue weighted by atomic mass is 10.2. The zero-order valence-electron chi connectivity index (χ0n) is 11.5. The van der Waals surface area contributed by atoms with E-state index >= 15 is 0 Å². The topological polar surface area (TPSA) is 84.6 Å². The molecule has 1 aromatic rings. The van der Waals surface area contributed by atoms with E-state index in [2.05, 4.69) is 5.32 Å². The number of methoxy groups -OCH3 is 1. The summed E-state index contributed by atoms with van der Waals surface area (Å²) in [5.41, 5.74) is 0.870. The monoisotopic (exact) mass is 300 g/mol. The maximum Gasteiger partial charge on any atom is 0.273 e. The molecule has 0 spiro atoms. The van der Waals surface area contributed by atoms with E-state index in [0.717, 1.165) is 30.0 Å². The van der Waals surface area contributed by atoms with E-state index in [1.807, 2.05) is 0 Å². The summed E-state index contributed by atoms with van der Waals surface area (Å²) < 4.78 is 5.06. The van der Waals surface area contributed by atoms with Crippen molar-refractivity contribution in [2.75, 3.05) is 31.8 Å². The van der Waals surface area contributed by atoms with Crippen molar-refractivity contribution in [1.29, 1.82) is 0 Å². The van der Waals surface area contributed by atoms with Crippen molar-refractivity contribution in [3.63, 3.8) is 0 Å². The first kappa shape index (κ1) is 16.7. The Morgan fingerprint density at radius 1 is 1.40 bits per heavy atom. The average molecular weight is 300 g/mol. The number of aliphatic hydroxyl groups is 1. The average Bonchev–Trinajstić information content (AvgIpc) is 2.46. The minimum atomic E-state index is -0.420. The van der Waals surface area contributed by atoms with Gasteiger partial charge >= 0.3 is 0 Å². The first-order valence-electron chi connectivity index (χ1n) is 6.39.